The van der Waals surface area contributed by atoms with Crippen LogP contribution in [-0.4, -0.2) is 16.9 Å². The fourth-order valence-corrected chi connectivity index (χ4v) is 1.59. The van der Waals surface area contributed by atoms with Crippen molar-refractivity contribution in [3.05, 3.63) is 36.5 Å². The van der Waals surface area contributed by atoms with E-state index in [4.69, 9.17) is 0 Å². The summed E-state index contributed by atoms with van der Waals surface area (Å²) in [6, 6.07) is 9.01. The SMILES string of the molecule is O=C([O-])CCC(=O)Nc1ccc2ncccc2c1. The summed E-state index contributed by atoms with van der Waals surface area (Å²) in [6.45, 7) is 0. The minimum atomic E-state index is -1.23. The summed E-state index contributed by atoms with van der Waals surface area (Å²) in [5.41, 5.74) is 1.46. The lowest BCUT2D eigenvalue weighted by Gasteiger charge is -2.06. The Labute approximate surface area is 103 Å². The van der Waals surface area contributed by atoms with Crippen LogP contribution in [0.1, 0.15) is 12.8 Å². The van der Waals surface area contributed by atoms with Gasteiger partial charge in [0.1, 0.15) is 0 Å². The maximum absolute atomic E-state index is 11.4. The highest BCUT2D eigenvalue weighted by molar-refractivity contribution is 5.94. The number of carbonyl (C=O) groups is 2. The number of hydrogen-bond acceptors (Lipinski definition) is 4. The monoisotopic (exact) mass is 243 g/mol. The number of nitrogens with one attached hydrogen (secondary N) is 1. The predicted molar refractivity (Wildman–Crippen MR) is 64.6 cm³/mol. The van der Waals surface area contributed by atoms with E-state index in [1.54, 1.807) is 24.4 Å². The molecule has 1 aromatic heterocycles. The van der Waals surface area contributed by atoms with Crippen molar-refractivity contribution in [2.24, 2.45) is 0 Å². The zero-order chi connectivity index (χ0) is 13.0. The normalized spacial score (nSPS) is 10.2. The Morgan fingerprint density at radius 1 is 1.22 bits per heavy atom. The van der Waals surface area contributed by atoms with Gasteiger partial charge < -0.3 is 15.2 Å². The number of amides is 1. The summed E-state index contributed by atoms with van der Waals surface area (Å²) >= 11 is 0. The van der Waals surface area contributed by atoms with Gasteiger partial charge >= 0.3 is 0 Å². The van der Waals surface area contributed by atoms with Gasteiger partial charge in [0.25, 0.3) is 0 Å². The highest BCUT2D eigenvalue weighted by Crippen LogP contribution is 2.17. The van der Waals surface area contributed by atoms with Gasteiger partial charge in [-0.3, -0.25) is 9.78 Å². The molecule has 0 unspecified atom stereocenters. The van der Waals surface area contributed by atoms with Gasteiger partial charge in [-0.25, -0.2) is 0 Å². The fraction of sp³-hybridized carbons (Fsp3) is 0.154. The van der Waals surface area contributed by atoms with Crippen LogP contribution in [0.25, 0.3) is 10.9 Å². The Bertz CT molecular complexity index is 596. The van der Waals surface area contributed by atoms with Crippen molar-refractivity contribution in [3.63, 3.8) is 0 Å². The molecule has 0 spiro atoms. The Hall–Kier alpha value is -2.43. The molecule has 0 saturated carbocycles. The van der Waals surface area contributed by atoms with Crippen LogP contribution in [0, 0.1) is 0 Å². The average Bonchev–Trinajstić information content (AvgIpc) is 2.36. The molecular weight excluding hydrogens is 232 g/mol. The lowest BCUT2D eigenvalue weighted by atomic mass is 10.2. The molecule has 1 amide bonds. The number of pyridine rings is 1. The van der Waals surface area contributed by atoms with Crippen LogP contribution in [0.5, 0.6) is 0 Å². The first kappa shape index (κ1) is 12.0. The molecule has 0 aliphatic rings. The molecule has 2 aromatic rings. The first-order valence-electron chi connectivity index (χ1n) is 5.49. The van der Waals surface area contributed by atoms with E-state index in [9.17, 15) is 14.7 Å². The molecular formula is C13H11N2O3-. The van der Waals surface area contributed by atoms with Gasteiger partial charge in [-0.15, -0.1) is 0 Å². The highest BCUT2D eigenvalue weighted by atomic mass is 16.4. The standard InChI is InChI=1S/C13H12N2O3/c16-12(5-6-13(17)18)15-10-3-4-11-9(8-10)2-1-7-14-11/h1-4,7-8H,5-6H2,(H,15,16)(H,17,18)/p-1. The van der Waals surface area contributed by atoms with E-state index in [1.165, 1.54) is 0 Å². The third-order valence-corrected chi connectivity index (χ3v) is 2.44. The van der Waals surface area contributed by atoms with Gasteiger partial charge in [0, 0.05) is 29.7 Å². The molecule has 0 atom stereocenters. The number of carboxylic acid groups (broad SMARTS) is 1. The Morgan fingerprint density at radius 2 is 2.06 bits per heavy atom. The molecule has 0 aliphatic carbocycles. The Morgan fingerprint density at radius 3 is 2.83 bits per heavy atom. The van der Waals surface area contributed by atoms with E-state index in [2.05, 4.69) is 10.3 Å². The maximum atomic E-state index is 11.4. The van der Waals surface area contributed by atoms with Crippen LogP contribution in [0.15, 0.2) is 36.5 Å². The van der Waals surface area contributed by atoms with Crippen molar-refractivity contribution in [3.8, 4) is 0 Å². The third-order valence-electron chi connectivity index (χ3n) is 2.44. The zero-order valence-electron chi connectivity index (χ0n) is 9.55. The summed E-state index contributed by atoms with van der Waals surface area (Å²) in [5, 5.41) is 13.8. The second-order valence-corrected chi connectivity index (χ2v) is 3.83. The van der Waals surface area contributed by atoms with Gasteiger partial charge in [0.15, 0.2) is 0 Å². The number of rotatable bonds is 4. The molecule has 2 rings (SSSR count). The van der Waals surface area contributed by atoms with E-state index in [0.29, 0.717) is 5.69 Å². The van der Waals surface area contributed by atoms with Crippen LogP contribution < -0.4 is 10.4 Å². The van der Waals surface area contributed by atoms with Crippen molar-refractivity contribution < 1.29 is 14.7 Å². The summed E-state index contributed by atoms with van der Waals surface area (Å²) in [5.74, 6) is -1.57. The summed E-state index contributed by atoms with van der Waals surface area (Å²) < 4.78 is 0. The number of anilines is 1. The number of hydrogen-bond donors (Lipinski definition) is 1. The Kier molecular flexibility index (Phi) is 3.52. The highest BCUT2D eigenvalue weighted by Gasteiger charge is 2.03. The van der Waals surface area contributed by atoms with Crippen LogP contribution in [0.4, 0.5) is 5.69 Å². The quantitative estimate of drug-likeness (QED) is 0.857. The molecule has 0 radical (unpaired) electrons. The first-order valence-corrected chi connectivity index (χ1v) is 5.49. The lowest BCUT2D eigenvalue weighted by molar-refractivity contribution is -0.305. The van der Waals surface area contributed by atoms with Crippen LogP contribution >= 0.6 is 0 Å². The number of carboxylic acids is 1. The fourth-order valence-electron chi connectivity index (χ4n) is 1.59. The van der Waals surface area contributed by atoms with Gasteiger partial charge in [-0.1, -0.05) is 6.07 Å². The van der Waals surface area contributed by atoms with Gasteiger partial charge in [-0.05, 0) is 30.7 Å². The molecule has 0 bridgehead atoms. The van der Waals surface area contributed by atoms with Gasteiger partial charge in [0.2, 0.25) is 5.91 Å². The van der Waals surface area contributed by atoms with Crippen molar-refractivity contribution >= 4 is 28.5 Å². The molecule has 0 saturated heterocycles. The number of fused-ring (bicyclic) bond motifs is 1. The van der Waals surface area contributed by atoms with E-state index >= 15 is 0 Å². The Balaban J connectivity index is 2.07. The van der Waals surface area contributed by atoms with Crippen molar-refractivity contribution in [1.29, 1.82) is 0 Å². The van der Waals surface area contributed by atoms with E-state index < -0.39 is 5.97 Å². The molecule has 18 heavy (non-hydrogen) atoms. The van der Waals surface area contributed by atoms with Crippen LogP contribution in [0.2, 0.25) is 0 Å². The van der Waals surface area contributed by atoms with Crippen molar-refractivity contribution in [1.82, 2.24) is 4.98 Å². The van der Waals surface area contributed by atoms with E-state index in [1.807, 2.05) is 12.1 Å². The summed E-state index contributed by atoms with van der Waals surface area (Å²) in [7, 11) is 0. The first-order chi connectivity index (χ1) is 8.65. The minimum absolute atomic E-state index is 0.0899. The third kappa shape index (κ3) is 3.04. The lowest BCUT2D eigenvalue weighted by Crippen LogP contribution is -2.24. The van der Waals surface area contributed by atoms with Crippen molar-refractivity contribution in [2.75, 3.05) is 5.32 Å². The number of carbonyl (C=O) groups excluding carboxylic acids is 2. The molecule has 92 valence electrons. The van der Waals surface area contributed by atoms with Crippen molar-refractivity contribution in [2.45, 2.75) is 12.8 Å². The minimum Gasteiger partial charge on any atom is -0.550 e. The van der Waals surface area contributed by atoms with Gasteiger partial charge in [0.05, 0.1) is 5.52 Å². The second-order valence-electron chi connectivity index (χ2n) is 3.83. The largest absolute Gasteiger partial charge is 0.550 e. The maximum Gasteiger partial charge on any atom is 0.224 e. The molecule has 5 heteroatoms. The topological polar surface area (TPSA) is 82.1 Å². The summed E-state index contributed by atoms with van der Waals surface area (Å²) in [4.78, 5) is 25.8. The molecule has 5 nitrogen and oxygen atoms in total. The van der Waals surface area contributed by atoms with E-state index in [-0.39, 0.29) is 18.7 Å². The van der Waals surface area contributed by atoms with E-state index in [0.717, 1.165) is 10.9 Å². The van der Waals surface area contributed by atoms with Gasteiger partial charge in [-0.2, -0.15) is 0 Å². The number of nitrogens with zero attached hydrogens (tertiary/aromatic N) is 1. The second kappa shape index (κ2) is 5.27. The van der Waals surface area contributed by atoms with Crippen LogP contribution in [0.3, 0.4) is 0 Å². The van der Waals surface area contributed by atoms with Crippen LogP contribution in [-0.2, 0) is 9.59 Å². The number of aromatic nitrogens is 1. The molecule has 1 heterocycles. The molecule has 0 aliphatic heterocycles. The predicted octanol–water partition coefficient (Wildman–Crippen LogP) is 0.703. The zero-order valence-corrected chi connectivity index (χ0v) is 9.55. The summed E-state index contributed by atoms with van der Waals surface area (Å²) in [6.07, 6.45) is 1.33. The average molecular weight is 243 g/mol. The smallest absolute Gasteiger partial charge is 0.224 e. The molecule has 0 fully saturated rings. The molecule has 1 N–H and O–H groups in total. The molecule has 1 aromatic carbocycles. The number of benzene rings is 1. The number of aliphatic carboxylic acids is 1.